The quantitative estimate of drug-likeness (QED) is 0.830. The summed E-state index contributed by atoms with van der Waals surface area (Å²) in [6, 6.07) is 7.04. The molecule has 1 atom stereocenters. The van der Waals surface area contributed by atoms with Gasteiger partial charge in [-0.1, -0.05) is 6.07 Å². The van der Waals surface area contributed by atoms with Gasteiger partial charge in [0.15, 0.2) is 0 Å². The Morgan fingerprint density at radius 1 is 1.41 bits per heavy atom. The average molecular weight is 248 g/mol. The average Bonchev–Trinajstić information content (AvgIpc) is 2.96. The summed E-state index contributed by atoms with van der Waals surface area (Å²) in [5.41, 5.74) is 1.37. The molecule has 0 amide bonds. The van der Waals surface area contributed by atoms with Crippen LogP contribution in [0.1, 0.15) is 24.3 Å². The van der Waals surface area contributed by atoms with Crippen LogP contribution in [0.5, 0.6) is 0 Å². The number of aromatic nitrogens is 1. The molecule has 2 rings (SSSR count). The minimum absolute atomic E-state index is 0.527. The number of aryl methyl sites for hydroxylation is 1. The van der Waals surface area contributed by atoms with Crippen LogP contribution in [0.2, 0.25) is 0 Å². The fraction of sp³-hybridized carbons (Fsp3) is 0.429. The summed E-state index contributed by atoms with van der Waals surface area (Å²) >= 11 is 1.84. The van der Waals surface area contributed by atoms with Gasteiger partial charge < -0.3 is 9.88 Å². The lowest BCUT2D eigenvalue weighted by Gasteiger charge is -2.11. The van der Waals surface area contributed by atoms with Gasteiger partial charge in [-0.15, -0.1) is 11.3 Å². The van der Waals surface area contributed by atoms with Gasteiger partial charge in [0.1, 0.15) is 0 Å². The lowest BCUT2D eigenvalue weighted by molar-refractivity contribution is 0.548. The van der Waals surface area contributed by atoms with Crippen molar-refractivity contribution in [2.75, 3.05) is 0 Å². The molecule has 0 aliphatic heterocycles. The molecule has 0 bridgehead atoms. The first-order valence-electron chi connectivity index (χ1n) is 6.18. The monoisotopic (exact) mass is 248 g/mol. The van der Waals surface area contributed by atoms with Gasteiger partial charge in [0.05, 0.1) is 0 Å². The predicted molar refractivity (Wildman–Crippen MR) is 74.4 cm³/mol. The second-order valence-electron chi connectivity index (χ2n) is 4.42. The Hall–Kier alpha value is -1.06. The zero-order chi connectivity index (χ0) is 12.1. The highest BCUT2D eigenvalue weighted by molar-refractivity contribution is 7.09. The lowest BCUT2D eigenvalue weighted by atomic mass is 10.2. The molecule has 0 saturated carbocycles. The van der Waals surface area contributed by atoms with Crippen molar-refractivity contribution in [2.45, 2.75) is 39.4 Å². The zero-order valence-corrected chi connectivity index (χ0v) is 11.3. The van der Waals surface area contributed by atoms with Crippen molar-refractivity contribution in [3.8, 4) is 0 Å². The Kier molecular flexibility index (Phi) is 4.40. The van der Waals surface area contributed by atoms with Crippen LogP contribution in [-0.4, -0.2) is 10.6 Å². The van der Waals surface area contributed by atoms with E-state index in [0.717, 1.165) is 19.5 Å². The summed E-state index contributed by atoms with van der Waals surface area (Å²) in [7, 11) is 0. The first-order valence-corrected chi connectivity index (χ1v) is 7.06. The van der Waals surface area contributed by atoms with Gasteiger partial charge in [-0.2, -0.15) is 0 Å². The Balaban J connectivity index is 1.77. The molecule has 2 aromatic rings. The molecule has 0 fully saturated rings. The maximum atomic E-state index is 3.57. The van der Waals surface area contributed by atoms with E-state index < -0.39 is 0 Å². The molecule has 2 nitrogen and oxygen atoms in total. The molecular formula is C14H20N2S. The van der Waals surface area contributed by atoms with Crippen LogP contribution < -0.4 is 5.32 Å². The van der Waals surface area contributed by atoms with E-state index in [2.05, 4.69) is 59.7 Å². The highest BCUT2D eigenvalue weighted by atomic mass is 32.1. The topological polar surface area (TPSA) is 17.0 Å². The van der Waals surface area contributed by atoms with Crippen LogP contribution in [0.25, 0.3) is 0 Å². The minimum Gasteiger partial charge on any atom is -0.354 e. The molecular weight excluding hydrogens is 228 g/mol. The van der Waals surface area contributed by atoms with Crippen LogP contribution in [0.4, 0.5) is 0 Å². The van der Waals surface area contributed by atoms with Crippen molar-refractivity contribution in [3.63, 3.8) is 0 Å². The number of nitrogens with one attached hydrogen (secondary N) is 1. The summed E-state index contributed by atoms with van der Waals surface area (Å²) < 4.78 is 2.21. The third-order valence-electron chi connectivity index (χ3n) is 2.92. The number of hydrogen-bond donors (Lipinski definition) is 1. The summed E-state index contributed by atoms with van der Waals surface area (Å²) in [5.74, 6) is 0. The molecule has 2 aromatic heterocycles. The van der Waals surface area contributed by atoms with Crippen molar-refractivity contribution >= 4 is 11.3 Å². The highest BCUT2D eigenvalue weighted by Gasteiger charge is 2.04. The fourth-order valence-electron chi connectivity index (χ4n) is 1.89. The van der Waals surface area contributed by atoms with E-state index in [0.29, 0.717) is 6.04 Å². The van der Waals surface area contributed by atoms with Crippen LogP contribution in [0, 0.1) is 0 Å². The first kappa shape index (κ1) is 12.4. The third kappa shape index (κ3) is 3.72. The molecule has 1 unspecified atom stereocenters. The number of rotatable bonds is 6. The number of nitrogens with zero attached hydrogens (tertiary/aromatic N) is 1. The van der Waals surface area contributed by atoms with Crippen LogP contribution in [0.3, 0.4) is 0 Å². The van der Waals surface area contributed by atoms with Crippen molar-refractivity contribution in [1.82, 2.24) is 9.88 Å². The second-order valence-corrected chi connectivity index (χ2v) is 5.45. The Bertz CT molecular complexity index is 431. The number of hydrogen-bond acceptors (Lipinski definition) is 2. The smallest absolute Gasteiger partial charge is 0.0223 e. The van der Waals surface area contributed by atoms with Gasteiger partial charge in [0.2, 0.25) is 0 Å². The van der Waals surface area contributed by atoms with Crippen molar-refractivity contribution in [1.29, 1.82) is 0 Å². The minimum atomic E-state index is 0.527. The Morgan fingerprint density at radius 2 is 2.29 bits per heavy atom. The molecule has 0 aliphatic carbocycles. The normalized spacial score (nSPS) is 12.8. The summed E-state index contributed by atoms with van der Waals surface area (Å²) in [6.07, 6.45) is 5.47. The van der Waals surface area contributed by atoms with Gasteiger partial charge >= 0.3 is 0 Å². The van der Waals surface area contributed by atoms with Crippen molar-refractivity contribution in [2.24, 2.45) is 0 Å². The van der Waals surface area contributed by atoms with Gasteiger partial charge in [0, 0.05) is 36.4 Å². The van der Waals surface area contributed by atoms with Crippen LogP contribution >= 0.6 is 11.3 Å². The van der Waals surface area contributed by atoms with Gasteiger partial charge in [-0.3, -0.25) is 0 Å². The van der Waals surface area contributed by atoms with E-state index in [4.69, 9.17) is 0 Å². The molecule has 0 aromatic carbocycles. The fourth-order valence-corrected chi connectivity index (χ4v) is 2.72. The molecule has 0 spiro atoms. The summed E-state index contributed by atoms with van der Waals surface area (Å²) in [6.45, 7) is 6.41. The molecule has 1 N–H and O–H groups in total. The Labute approximate surface area is 107 Å². The molecule has 2 heterocycles. The van der Waals surface area contributed by atoms with E-state index in [1.54, 1.807) is 0 Å². The second kappa shape index (κ2) is 6.03. The maximum absolute atomic E-state index is 3.57. The van der Waals surface area contributed by atoms with Crippen LogP contribution in [0.15, 0.2) is 36.0 Å². The molecule has 17 heavy (non-hydrogen) atoms. The van der Waals surface area contributed by atoms with Crippen molar-refractivity contribution < 1.29 is 0 Å². The molecule has 3 heteroatoms. The van der Waals surface area contributed by atoms with Gasteiger partial charge in [0.25, 0.3) is 0 Å². The van der Waals surface area contributed by atoms with E-state index in [9.17, 15) is 0 Å². The largest absolute Gasteiger partial charge is 0.354 e. The van der Waals surface area contributed by atoms with E-state index in [1.165, 1.54) is 10.4 Å². The van der Waals surface area contributed by atoms with E-state index in [-0.39, 0.29) is 0 Å². The number of thiophene rings is 1. The van der Waals surface area contributed by atoms with Gasteiger partial charge in [-0.25, -0.2) is 0 Å². The standard InChI is InChI=1S/C14H20N2S/c1-3-16-7-6-13(11-16)10-15-12(2)9-14-5-4-8-17-14/h4-8,11-12,15H,3,9-10H2,1-2H3. The summed E-state index contributed by atoms with van der Waals surface area (Å²) in [4.78, 5) is 1.45. The SMILES string of the molecule is CCn1ccc(CNC(C)Cc2cccs2)c1. The summed E-state index contributed by atoms with van der Waals surface area (Å²) in [5, 5.41) is 5.71. The molecule has 0 radical (unpaired) electrons. The lowest BCUT2D eigenvalue weighted by Crippen LogP contribution is -2.27. The molecule has 0 saturated heterocycles. The first-order chi connectivity index (χ1) is 8.28. The zero-order valence-electron chi connectivity index (χ0n) is 10.5. The predicted octanol–water partition coefficient (Wildman–Crippen LogP) is 3.29. The van der Waals surface area contributed by atoms with E-state index in [1.807, 2.05) is 11.3 Å². The highest BCUT2D eigenvalue weighted by Crippen LogP contribution is 2.11. The van der Waals surface area contributed by atoms with E-state index >= 15 is 0 Å². The van der Waals surface area contributed by atoms with Gasteiger partial charge in [-0.05, 0) is 43.3 Å². The molecule has 0 aliphatic rings. The Morgan fingerprint density at radius 3 is 2.94 bits per heavy atom. The van der Waals surface area contributed by atoms with Crippen molar-refractivity contribution in [3.05, 3.63) is 46.4 Å². The van der Waals surface area contributed by atoms with Crippen LogP contribution in [-0.2, 0) is 19.5 Å². The maximum Gasteiger partial charge on any atom is 0.0223 e. The third-order valence-corrected chi connectivity index (χ3v) is 3.82. The molecule has 92 valence electrons.